The second kappa shape index (κ2) is 4.34. The fourth-order valence-electron chi connectivity index (χ4n) is 1.90. The Labute approximate surface area is 108 Å². The van der Waals surface area contributed by atoms with Gasteiger partial charge in [-0.1, -0.05) is 36.4 Å². The molecule has 84 valence electrons. The van der Waals surface area contributed by atoms with Gasteiger partial charge in [-0.25, -0.2) is 4.99 Å². The first-order chi connectivity index (χ1) is 8.34. The summed E-state index contributed by atoms with van der Waals surface area (Å²) in [5.74, 6) is 0. The molecule has 2 aromatic carbocycles. The third-order valence-corrected chi connectivity index (χ3v) is 3.39. The van der Waals surface area contributed by atoms with Crippen molar-refractivity contribution >= 4 is 27.8 Å². The van der Waals surface area contributed by atoms with E-state index in [1.54, 1.807) is 0 Å². The highest BCUT2D eigenvalue weighted by Gasteiger charge is 2.14. The topological polar surface area (TPSA) is 15.6 Å². The van der Waals surface area contributed by atoms with Gasteiger partial charge in [-0.05, 0) is 34.1 Å². The van der Waals surface area contributed by atoms with Gasteiger partial charge in [0.2, 0.25) is 0 Å². The summed E-state index contributed by atoms with van der Waals surface area (Å²) in [5, 5.41) is 2.13. The Kier molecular flexibility index (Phi) is 2.69. The molecule has 0 fully saturated rings. The summed E-state index contributed by atoms with van der Waals surface area (Å²) in [6.07, 6.45) is 2.12. The molecule has 17 heavy (non-hydrogen) atoms. The molecule has 2 nitrogen and oxygen atoms in total. The summed E-state index contributed by atoms with van der Waals surface area (Å²) >= 11 is 3.59. The molecule has 0 aliphatic carbocycles. The molecule has 0 bridgehead atoms. The first kappa shape index (κ1) is 10.5. The van der Waals surface area contributed by atoms with E-state index in [9.17, 15) is 0 Å². The zero-order chi connectivity index (χ0) is 11.7. The van der Waals surface area contributed by atoms with Gasteiger partial charge in [-0.3, -0.25) is 0 Å². The van der Waals surface area contributed by atoms with Gasteiger partial charge < -0.3 is 4.90 Å². The molecule has 2 aromatic rings. The Hall–Kier alpha value is -1.61. The van der Waals surface area contributed by atoms with Gasteiger partial charge in [0.05, 0.1) is 5.36 Å². The van der Waals surface area contributed by atoms with Gasteiger partial charge in [0.15, 0.2) is 5.08 Å². The molecule has 1 unspecified atom stereocenters. The standard InChI is InChI=1S/C14H11BrN2/c15-14-16-13-9-5-4-6-11(13)10-17(14)12-7-2-1-3-8-12/h1-10,14H. The lowest BCUT2D eigenvalue weighted by atomic mass is 10.2. The van der Waals surface area contributed by atoms with Crippen LogP contribution in [0.3, 0.4) is 0 Å². The van der Waals surface area contributed by atoms with Crippen LogP contribution < -0.4 is 15.5 Å². The third kappa shape index (κ3) is 1.98. The van der Waals surface area contributed by atoms with Crippen molar-refractivity contribution in [1.82, 2.24) is 0 Å². The van der Waals surface area contributed by atoms with E-state index in [1.807, 2.05) is 36.4 Å². The second-order valence-corrected chi connectivity index (χ2v) is 4.69. The molecule has 0 saturated carbocycles. The Bertz CT molecular complexity index is 637. The normalized spacial score (nSPS) is 17.9. The second-order valence-electron chi connectivity index (χ2n) is 3.87. The molecule has 0 aromatic heterocycles. The van der Waals surface area contributed by atoms with Crippen LogP contribution in [0.4, 0.5) is 5.69 Å². The molecule has 1 heterocycles. The fraction of sp³-hybridized carbons (Fsp3) is 0.0714. The van der Waals surface area contributed by atoms with Crippen LogP contribution in [0.1, 0.15) is 0 Å². The monoisotopic (exact) mass is 286 g/mol. The number of hydrogen-bond donors (Lipinski definition) is 0. The van der Waals surface area contributed by atoms with Crippen molar-refractivity contribution in [2.75, 3.05) is 4.90 Å². The zero-order valence-electron chi connectivity index (χ0n) is 9.12. The number of fused-ring (bicyclic) bond motifs is 1. The predicted molar refractivity (Wildman–Crippen MR) is 73.3 cm³/mol. The van der Waals surface area contributed by atoms with E-state index in [-0.39, 0.29) is 5.08 Å². The zero-order valence-corrected chi connectivity index (χ0v) is 10.7. The number of rotatable bonds is 1. The number of hydrogen-bond acceptors (Lipinski definition) is 2. The van der Waals surface area contributed by atoms with Gasteiger partial charge in [-0.15, -0.1) is 0 Å². The molecule has 3 heteroatoms. The van der Waals surface area contributed by atoms with Crippen molar-refractivity contribution in [1.29, 1.82) is 0 Å². The molecule has 0 spiro atoms. The number of halogens is 1. The Morgan fingerprint density at radius 1 is 0.941 bits per heavy atom. The maximum atomic E-state index is 4.61. The van der Waals surface area contributed by atoms with Crippen LogP contribution in [0.5, 0.6) is 0 Å². The summed E-state index contributed by atoms with van der Waals surface area (Å²) in [4.78, 5) is 6.73. The van der Waals surface area contributed by atoms with Crippen LogP contribution in [0.15, 0.2) is 59.6 Å². The van der Waals surface area contributed by atoms with E-state index in [0.717, 1.165) is 16.3 Å². The molecule has 3 rings (SSSR count). The highest BCUT2D eigenvalue weighted by molar-refractivity contribution is 9.09. The number of benzene rings is 2. The number of nitrogens with zero attached hydrogens (tertiary/aromatic N) is 2. The van der Waals surface area contributed by atoms with Crippen LogP contribution in [0.25, 0.3) is 6.20 Å². The van der Waals surface area contributed by atoms with Gasteiger partial charge >= 0.3 is 0 Å². The van der Waals surface area contributed by atoms with Gasteiger partial charge in [0, 0.05) is 17.1 Å². The van der Waals surface area contributed by atoms with E-state index in [4.69, 9.17) is 0 Å². The summed E-state index contributed by atoms with van der Waals surface area (Å²) in [7, 11) is 0. The van der Waals surface area contributed by atoms with Crippen LogP contribution >= 0.6 is 15.9 Å². The summed E-state index contributed by atoms with van der Waals surface area (Å²) in [6, 6.07) is 18.4. The lowest BCUT2D eigenvalue weighted by Gasteiger charge is -2.25. The maximum Gasteiger partial charge on any atom is 0.182 e. The molecule has 0 radical (unpaired) electrons. The SMILES string of the molecule is BrC1N=c2ccccc2=CN1c1ccccc1. The Morgan fingerprint density at radius 3 is 2.47 bits per heavy atom. The average molecular weight is 287 g/mol. The quantitative estimate of drug-likeness (QED) is 0.580. The van der Waals surface area contributed by atoms with Crippen molar-refractivity contribution in [3.8, 4) is 0 Å². The van der Waals surface area contributed by atoms with Crippen LogP contribution in [-0.2, 0) is 0 Å². The van der Waals surface area contributed by atoms with Crippen LogP contribution in [0.2, 0.25) is 0 Å². The first-order valence-electron chi connectivity index (χ1n) is 5.47. The number of alkyl halides is 1. The van der Waals surface area contributed by atoms with Crippen LogP contribution in [0, 0.1) is 0 Å². The number of para-hydroxylation sites is 2. The summed E-state index contributed by atoms with van der Waals surface area (Å²) in [6.45, 7) is 0. The Balaban J connectivity index is 2.14. The molecular weight excluding hydrogens is 276 g/mol. The summed E-state index contributed by atoms with van der Waals surface area (Å²) in [5.41, 5.74) is 1.13. The minimum Gasteiger partial charge on any atom is -0.316 e. The molecule has 0 N–H and O–H groups in total. The van der Waals surface area contributed by atoms with E-state index in [1.165, 1.54) is 0 Å². The van der Waals surface area contributed by atoms with Gasteiger partial charge in [0.1, 0.15) is 0 Å². The van der Waals surface area contributed by atoms with Crippen molar-refractivity contribution < 1.29 is 0 Å². The average Bonchev–Trinajstić information content (AvgIpc) is 2.39. The van der Waals surface area contributed by atoms with Crippen molar-refractivity contribution in [3.05, 3.63) is 65.2 Å². The van der Waals surface area contributed by atoms with Crippen molar-refractivity contribution in [2.45, 2.75) is 5.08 Å². The molecule has 0 saturated heterocycles. The van der Waals surface area contributed by atoms with E-state index in [2.05, 4.69) is 50.2 Å². The maximum absolute atomic E-state index is 4.61. The molecule has 1 aliphatic heterocycles. The molecule has 0 amide bonds. The third-order valence-electron chi connectivity index (χ3n) is 2.74. The minimum absolute atomic E-state index is 0.0419. The summed E-state index contributed by atoms with van der Waals surface area (Å²) < 4.78 is 0. The van der Waals surface area contributed by atoms with Gasteiger partial charge in [-0.2, -0.15) is 0 Å². The lowest BCUT2D eigenvalue weighted by molar-refractivity contribution is 0.894. The number of anilines is 1. The fourth-order valence-corrected chi connectivity index (χ4v) is 2.48. The smallest absolute Gasteiger partial charge is 0.182 e. The van der Waals surface area contributed by atoms with Crippen LogP contribution in [-0.4, -0.2) is 5.08 Å². The van der Waals surface area contributed by atoms with Crippen molar-refractivity contribution in [3.63, 3.8) is 0 Å². The predicted octanol–water partition coefficient (Wildman–Crippen LogP) is 2.24. The largest absolute Gasteiger partial charge is 0.316 e. The van der Waals surface area contributed by atoms with E-state index in [0.29, 0.717) is 0 Å². The molecule has 1 atom stereocenters. The molecule has 1 aliphatic rings. The molecular formula is C14H11BrN2. The Morgan fingerprint density at radius 2 is 1.65 bits per heavy atom. The highest BCUT2D eigenvalue weighted by atomic mass is 79.9. The van der Waals surface area contributed by atoms with Gasteiger partial charge in [0.25, 0.3) is 0 Å². The lowest BCUT2D eigenvalue weighted by Crippen LogP contribution is -2.39. The van der Waals surface area contributed by atoms with Crippen molar-refractivity contribution in [2.24, 2.45) is 4.99 Å². The highest BCUT2D eigenvalue weighted by Crippen LogP contribution is 2.21. The van der Waals surface area contributed by atoms with E-state index >= 15 is 0 Å². The minimum atomic E-state index is -0.0419. The van der Waals surface area contributed by atoms with E-state index < -0.39 is 0 Å². The first-order valence-corrected chi connectivity index (χ1v) is 6.38.